The molecule has 2 rings (SSSR count). The Balaban J connectivity index is 1.99. The van der Waals surface area contributed by atoms with Crippen molar-refractivity contribution < 1.29 is 53.8 Å². The first-order valence-corrected chi connectivity index (χ1v) is 23.1. The monoisotopic (exact) mass is 924 g/mol. The van der Waals surface area contributed by atoms with Gasteiger partial charge in [-0.05, 0) is 56.1 Å². The lowest BCUT2D eigenvalue weighted by molar-refractivity contribution is -0.179. The molecular formula is C48H73N7O11. The van der Waals surface area contributed by atoms with Gasteiger partial charge >= 0.3 is 5.97 Å². The van der Waals surface area contributed by atoms with Crippen LogP contribution in [0.4, 0.5) is 0 Å². The molecule has 0 saturated heterocycles. The van der Waals surface area contributed by atoms with Crippen LogP contribution in [0.2, 0.25) is 0 Å². The zero-order chi connectivity index (χ0) is 49.0. The van der Waals surface area contributed by atoms with Crippen molar-refractivity contribution in [3.8, 4) is 0 Å². The maximum Gasteiger partial charge on any atom is 0.326 e. The Morgan fingerprint density at radius 1 is 0.652 bits per heavy atom. The van der Waals surface area contributed by atoms with Gasteiger partial charge in [-0.15, -0.1) is 0 Å². The normalized spacial score (nSPS) is 14.5. The van der Waals surface area contributed by atoms with Crippen LogP contribution in [0.25, 0.3) is 0 Å². The van der Waals surface area contributed by atoms with Crippen LogP contribution in [-0.2, 0) is 51.2 Å². The number of carbonyl (C=O) groups excluding carboxylic acids is 7. The van der Waals surface area contributed by atoms with Crippen molar-refractivity contribution in [3.63, 3.8) is 0 Å². The van der Waals surface area contributed by atoms with Gasteiger partial charge in [0.1, 0.15) is 36.5 Å². The Kier molecular flexibility index (Phi) is 26.7. The fraction of sp³-hybridized carbons (Fsp3) is 0.583. The minimum Gasteiger partial charge on any atom is -0.480 e. The number of nitrogens with two attached hydrogens (primary N) is 2. The van der Waals surface area contributed by atoms with Crippen molar-refractivity contribution in [3.05, 3.63) is 71.8 Å². The summed E-state index contributed by atoms with van der Waals surface area (Å²) in [6.45, 7) is 5.06. The summed E-state index contributed by atoms with van der Waals surface area (Å²) in [6, 6.07) is 10.9. The topological polar surface area (TPSA) is 301 Å². The molecule has 0 radical (unpaired) electrons. The second-order valence-electron chi connectivity index (χ2n) is 17.4. The van der Waals surface area contributed by atoms with Gasteiger partial charge in [0.15, 0.2) is 0 Å². The zero-order valence-electron chi connectivity index (χ0n) is 38.7. The van der Waals surface area contributed by atoms with Crippen molar-refractivity contribution in [2.75, 3.05) is 0 Å². The molecule has 0 aliphatic heterocycles. The standard InChI is InChI=1S/C48H73N7O11/c1-32(2)28-38(45(61)51-37(44(50)60)29-34-20-12-10-13-21-34)52-47(63)43(33(3)57)54-42(59)26-18-8-4-6-16-24-36(25-17-7-5-9-19-27-56)55(66)40(31-41(49)58)46(62)53-39(48(64)65)30-35-22-14-11-15-23-35/h10-15,20-23,27,32-33,36-40,43,57,66H,4-9,16-19,24-26,28-31H2,1-3H3,(H2,49,58)(H2,50,60)(H,51,61)(H,52,63)(H,53,62)(H,54,59)(H,64,65)/t33-,36?,37-,38-,39-,40-,43-/m0/s1. The van der Waals surface area contributed by atoms with E-state index in [1.165, 1.54) is 6.92 Å². The van der Waals surface area contributed by atoms with E-state index < -0.39 is 90.2 Å². The van der Waals surface area contributed by atoms with Crippen molar-refractivity contribution in [2.24, 2.45) is 17.4 Å². The Hall–Kier alpha value is -5.72. The summed E-state index contributed by atoms with van der Waals surface area (Å²) in [4.78, 5) is 101. The number of carboxylic acids is 1. The van der Waals surface area contributed by atoms with Crippen molar-refractivity contribution in [2.45, 2.75) is 172 Å². The minimum atomic E-state index is -1.44. The van der Waals surface area contributed by atoms with Crippen LogP contribution in [0.3, 0.4) is 0 Å². The van der Waals surface area contributed by atoms with Crippen LogP contribution in [0, 0.1) is 5.92 Å². The number of unbranched alkanes of at least 4 members (excludes halogenated alkanes) is 8. The lowest BCUT2D eigenvalue weighted by Crippen LogP contribution is -2.59. The Morgan fingerprint density at radius 2 is 1.15 bits per heavy atom. The molecular weight excluding hydrogens is 851 g/mol. The molecule has 0 bridgehead atoms. The number of carbonyl (C=O) groups is 8. The largest absolute Gasteiger partial charge is 0.480 e. The summed E-state index contributed by atoms with van der Waals surface area (Å²) in [7, 11) is 0. The average molecular weight is 924 g/mol. The van der Waals surface area contributed by atoms with Gasteiger partial charge < -0.3 is 52.9 Å². The number of aliphatic carboxylic acids is 1. The summed E-state index contributed by atoms with van der Waals surface area (Å²) < 4.78 is 0. The summed E-state index contributed by atoms with van der Waals surface area (Å²) in [5.41, 5.74) is 12.5. The molecule has 6 amide bonds. The van der Waals surface area contributed by atoms with E-state index in [1.807, 2.05) is 19.9 Å². The predicted octanol–water partition coefficient (Wildman–Crippen LogP) is 2.98. The van der Waals surface area contributed by atoms with Crippen LogP contribution < -0.4 is 32.7 Å². The SMILES string of the molecule is CC(C)C[C@H](NC(=O)[C@@H](NC(=O)CCCCCCCC(CCCCCCC=O)N(O)[C@@H](CC(N)=O)C(=O)N[C@@H](Cc1ccccc1)C(=O)O)[C@H](C)O)C(=O)N[C@@H](Cc1ccccc1)C(N)=O. The summed E-state index contributed by atoms with van der Waals surface area (Å²) >= 11 is 0. The molecule has 1 unspecified atom stereocenters. The van der Waals surface area contributed by atoms with Gasteiger partial charge in [0.2, 0.25) is 35.4 Å². The van der Waals surface area contributed by atoms with Gasteiger partial charge in [0, 0.05) is 31.7 Å². The number of hydrogen-bond acceptors (Lipinski definition) is 11. The van der Waals surface area contributed by atoms with E-state index in [-0.39, 0.29) is 31.6 Å². The first-order chi connectivity index (χ1) is 31.4. The number of aldehydes is 1. The van der Waals surface area contributed by atoms with Crippen molar-refractivity contribution in [1.82, 2.24) is 26.3 Å². The van der Waals surface area contributed by atoms with Crippen LogP contribution in [0.15, 0.2) is 60.7 Å². The highest BCUT2D eigenvalue weighted by atomic mass is 16.5. The molecule has 0 aliphatic carbocycles. The van der Waals surface area contributed by atoms with E-state index in [1.54, 1.807) is 54.6 Å². The summed E-state index contributed by atoms with van der Waals surface area (Å²) in [6.07, 6.45) is 6.76. The van der Waals surface area contributed by atoms with E-state index in [0.717, 1.165) is 36.2 Å². The Morgan fingerprint density at radius 3 is 1.65 bits per heavy atom. The molecule has 2 aromatic carbocycles. The number of nitrogens with one attached hydrogen (secondary N) is 4. The molecule has 66 heavy (non-hydrogen) atoms. The number of hydroxylamine groups is 2. The molecule has 0 fully saturated rings. The second kappa shape index (κ2) is 31.2. The maximum absolute atomic E-state index is 13.5. The quantitative estimate of drug-likeness (QED) is 0.0274. The van der Waals surface area contributed by atoms with Gasteiger partial charge in [-0.3, -0.25) is 28.8 Å². The molecule has 0 aliphatic rings. The highest BCUT2D eigenvalue weighted by Crippen LogP contribution is 2.21. The molecule has 0 saturated carbocycles. The second-order valence-corrected chi connectivity index (χ2v) is 17.4. The Labute approximate surface area is 388 Å². The van der Waals surface area contributed by atoms with E-state index in [2.05, 4.69) is 21.3 Å². The first kappa shape index (κ1) is 56.4. The summed E-state index contributed by atoms with van der Waals surface area (Å²) in [5, 5.41) is 43.0. The highest BCUT2D eigenvalue weighted by molar-refractivity contribution is 5.94. The van der Waals surface area contributed by atoms with Gasteiger partial charge in [0.05, 0.1) is 12.5 Å². The molecule has 2 aromatic rings. The third kappa shape index (κ3) is 22.5. The number of amides is 6. The first-order valence-electron chi connectivity index (χ1n) is 23.1. The van der Waals surface area contributed by atoms with E-state index in [0.29, 0.717) is 63.4 Å². The number of primary amides is 2. The Bertz CT molecular complexity index is 1820. The van der Waals surface area contributed by atoms with Crippen molar-refractivity contribution >= 4 is 47.7 Å². The zero-order valence-corrected chi connectivity index (χ0v) is 38.7. The molecule has 18 heteroatoms. The average Bonchev–Trinajstić information content (AvgIpc) is 3.26. The minimum absolute atomic E-state index is 0.0186. The third-order valence-corrected chi connectivity index (χ3v) is 11.2. The van der Waals surface area contributed by atoms with Crippen molar-refractivity contribution in [1.29, 1.82) is 0 Å². The van der Waals surface area contributed by atoms with Crippen LogP contribution >= 0.6 is 0 Å². The molecule has 11 N–H and O–H groups in total. The summed E-state index contributed by atoms with van der Waals surface area (Å²) in [5.74, 6) is -5.65. The smallest absolute Gasteiger partial charge is 0.326 e. The number of aliphatic hydroxyl groups is 1. The van der Waals surface area contributed by atoms with Gasteiger partial charge in [0.25, 0.3) is 0 Å². The number of aliphatic hydroxyl groups excluding tert-OH is 1. The van der Waals surface area contributed by atoms with E-state index in [9.17, 15) is 53.8 Å². The lowest BCUT2D eigenvalue weighted by atomic mass is 9.98. The van der Waals surface area contributed by atoms with E-state index >= 15 is 0 Å². The molecule has 7 atom stereocenters. The number of nitrogens with zero attached hydrogens (tertiary/aromatic N) is 1. The van der Waals surface area contributed by atoms with Gasteiger partial charge in [-0.1, -0.05) is 119 Å². The van der Waals surface area contributed by atoms with Gasteiger partial charge in [-0.2, -0.15) is 5.06 Å². The number of carboxylic acid groups (broad SMARTS) is 1. The molecule has 366 valence electrons. The van der Waals surface area contributed by atoms with Crippen LogP contribution in [-0.4, -0.2) is 111 Å². The molecule has 18 nitrogen and oxygen atoms in total. The maximum atomic E-state index is 13.5. The molecule has 0 aromatic heterocycles. The number of benzene rings is 2. The fourth-order valence-corrected chi connectivity index (χ4v) is 7.60. The van der Waals surface area contributed by atoms with Gasteiger partial charge in [-0.25, -0.2) is 4.79 Å². The fourth-order valence-electron chi connectivity index (χ4n) is 7.60. The number of hydrogen-bond donors (Lipinski definition) is 9. The van der Waals surface area contributed by atoms with E-state index in [4.69, 9.17) is 11.5 Å². The lowest BCUT2D eigenvalue weighted by Gasteiger charge is -2.32. The number of rotatable bonds is 35. The third-order valence-electron chi connectivity index (χ3n) is 11.2. The highest BCUT2D eigenvalue weighted by Gasteiger charge is 2.35. The molecule has 0 heterocycles. The predicted molar refractivity (Wildman–Crippen MR) is 247 cm³/mol. The van der Waals surface area contributed by atoms with Crippen LogP contribution in [0.5, 0.6) is 0 Å². The molecule has 0 spiro atoms. The van der Waals surface area contributed by atoms with Crippen LogP contribution in [0.1, 0.15) is 128 Å².